The summed E-state index contributed by atoms with van der Waals surface area (Å²) in [5, 5.41) is 0. The minimum atomic E-state index is -4.17. The van der Waals surface area contributed by atoms with Crippen LogP contribution in [0.15, 0.2) is 12.1 Å². The van der Waals surface area contributed by atoms with E-state index < -0.39 is 18.0 Å². The lowest BCUT2D eigenvalue weighted by atomic mass is 9.95. The lowest BCUT2D eigenvalue weighted by Crippen LogP contribution is -2.39. The lowest BCUT2D eigenvalue weighted by Gasteiger charge is -2.35. The van der Waals surface area contributed by atoms with Gasteiger partial charge in [0.2, 0.25) is 5.91 Å². The summed E-state index contributed by atoms with van der Waals surface area (Å²) in [7, 11) is 1.41. The number of alkyl halides is 3. The van der Waals surface area contributed by atoms with Gasteiger partial charge >= 0.3 is 6.18 Å². The summed E-state index contributed by atoms with van der Waals surface area (Å²) in [6.45, 7) is 0.446. The van der Waals surface area contributed by atoms with Gasteiger partial charge in [0.05, 0.1) is 18.7 Å². The van der Waals surface area contributed by atoms with E-state index in [0.717, 1.165) is 0 Å². The fourth-order valence-electron chi connectivity index (χ4n) is 2.70. The van der Waals surface area contributed by atoms with E-state index in [4.69, 9.17) is 16.2 Å². The zero-order chi connectivity index (χ0) is 16.5. The molecule has 1 saturated heterocycles. The van der Waals surface area contributed by atoms with Gasteiger partial charge in [0.25, 0.3) is 0 Å². The maximum Gasteiger partial charge on any atom is 0.391 e. The van der Waals surface area contributed by atoms with E-state index in [2.05, 4.69) is 0 Å². The molecule has 1 amide bonds. The number of nitrogens with two attached hydrogens (primary N) is 2. The summed E-state index contributed by atoms with van der Waals surface area (Å²) in [4.78, 5) is 13.0. The number of benzene rings is 1. The average Bonchev–Trinajstić information content (AvgIpc) is 2.45. The molecule has 0 spiro atoms. The third kappa shape index (κ3) is 3.20. The lowest BCUT2D eigenvalue weighted by molar-refractivity contribution is -0.179. The van der Waals surface area contributed by atoms with E-state index in [0.29, 0.717) is 11.4 Å². The maximum absolute atomic E-state index is 12.7. The van der Waals surface area contributed by atoms with Crippen molar-refractivity contribution in [3.8, 4) is 5.75 Å². The van der Waals surface area contributed by atoms with Crippen molar-refractivity contribution in [2.75, 3.05) is 30.8 Å². The number of nitrogen functional groups attached to an aromatic ring is 1. The number of rotatable bonds is 3. The van der Waals surface area contributed by atoms with Crippen LogP contribution < -0.4 is 21.1 Å². The van der Waals surface area contributed by atoms with E-state index in [1.165, 1.54) is 19.2 Å². The van der Waals surface area contributed by atoms with Gasteiger partial charge in [-0.15, -0.1) is 0 Å². The SMILES string of the molecule is COc1cc(C(N)=O)cc(N)c1N1CCC(C(F)(F)F)CC1. The first-order valence-corrected chi connectivity index (χ1v) is 6.83. The Morgan fingerprint density at radius 1 is 1.32 bits per heavy atom. The molecule has 1 heterocycles. The molecule has 0 saturated carbocycles. The Bertz CT molecular complexity index is 567. The number of halogens is 3. The molecule has 1 aromatic rings. The number of primary amides is 1. The maximum atomic E-state index is 12.7. The molecule has 1 aliphatic rings. The minimum Gasteiger partial charge on any atom is -0.494 e. The van der Waals surface area contributed by atoms with Crippen LogP contribution in [0.4, 0.5) is 24.5 Å². The molecule has 1 fully saturated rings. The van der Waals surface area contributed by atoms with Crippen LogP contribution in [-0.4, -0.2) is 32.3 Å². The molecule has 4 N–H and O–H groups in total. The fourth-order valence-corrected chi connectivity index (χ4v) is 2.70. The average molecular weight is 317 g/mol. The third-order valence-corrected chi connectivity index (χ3v) is 3.88. The highest BCUT2D eigenvalue weighted by Crippen LogP contribution is 2.40. The number of carbonyl (C=O) groups is 1. The predicted octanol–water partition coefficient (Wildman–Crippen LogP) is 2.16. The number of hydrogen-bond acceptors (Lipinski definition) is 4. The largest absolute Gasteiger partial charge is 0.494 e. The molecule has 0 unspecified atom stereocenters. The molecular weight excluding hydrogens is 299 g/mol. The van der Waals surface area contributed by atoms with Crippen molar-refractivity contribution in [2.24, 2.45) is 11.7 Å². The summed E-state index contributed by atoms with van der Waals surface area (Å²) in [6, 6.07) is 2.86. The first-order valence-electron chi connectivity index (χ1n) is 6.83. The number of carbonyl (C=O) groups excluding carboxylic acids is 1. The number of piperidine rings is 1. The summed E-state index contributed by atoms with van der Waals surface area (Å²) >= 11 is 0. The third-order valence-electron chi connectivity index (χ3n) is 3.88. The zero-order valence-electron chi connectivity index (χ0n) is 12.1. The number of amides is 1. The molecule has 2 rings (SSSR count). The normalized spacial score (nSPS) is 16.6. The van der Waals surface area contributed by atoms with E-state index in [9.17, 15) is 18.0 Å². The number of nitrogens with zero attached hydrogens (tertiary/aromatic N) is 1. The Morgan fingerprint density at radius 2 is 1.91 bits per heavy atom. The van der Waals surface area contributed by atoms with Crippen molar-refractivity contribution in [2.45, 2.75) is 19.0 Å². The highest BCUT2D eigenvalue weighted by atomic mass is 19.4. The van der Waals surface area contributed by atoms with Crippen LogP contribution in [0.3, 0.4) is 0 Å². The quantitative estimate of drug-likeness (QED) is 0.837. The van der Waals surface area contributed by atoms with Crippen molar-refractivity contribution in [3.05, 3.63) is 17.7 Å². The van der Waals surface area contributed by atoms with Gasteiger partial charge in [-0.05, 0) is 25.0 Å². The molecule has 8 heteroatoms. The van der Waals surface area contributed by atoms with Crippen LogP contribution in [0.5, 0.6) is 5.75 Å². The van der Waals surface area contributed by atoms with Crippen molar-refractivity contribution in [1.82, 2.24) is 0 Å². The van der Waals surface area contributed by atoms with Crippen LogP contribution in [0.25, 0.3) is 0 Å². The molecule has 1 aliphatic heterocycles. The number of ether oxygens (including phenoxy) is 1. The van der Waals surface area contributed by atoms with Crippen LogP contribution in [0, 0.1) is 5.92 Å². The second kappa shape index (κ2) is 5.94. The van der Waals surface area contributed by atoms with Gasteiger partial charge in [-0.1, -0.05) is 0 Å². The molecule has 1 aromatic carbocycles. The zero-order valence-corrected chi connectivity index (χ0v) is 12.1. The second-order valence-corrected chi connectivity index (χ2v) is 5.28. The van der Waals surface area contributed by atoms with Crippen LogP contribution >= 0.6 is 0 Å². The Kier molecular flexibility index (Phi) is 4.39. The van der Waals surface area contributed by atoms with E-state index in [-0.39, 0.29) is 37.2 Å². The summed E-state index contributed by atoms with van der Waals surface area (Å²) < 4.78 is 43.4. The molecule has 5 nitrogen and oxygen atoms in total. The molecule has 122 valence electrons. The van der Waals surface area contributed by atoms with E-state index in [1.807, 2.05) is 0 Å². The van der Waals surface area contributed by atoms with Crippen molar-refractivity contribution < 1.29 is 22.7 Å². The van der Waals surface area contributed by atoms with Crippen molar-refractivity contribution >= 4 is 17.3 Å². The van der Waals surface area contributed by atoms with Crippen LogP contribution in [0.1, 0.15) is 23.2 Å². The molecular formula is C14H18F3N3O2. The van der Waals surface area contributed by atoms with E-state index in [1.54, 1.807) is 4.90 Å². The Labute approximate surface area is 126 Å². The van der Waals surface area contributed by atoms with Crippen LogP contribution in [0.2, 0.25) is 0 Å². The Morgan fingerprint density at radius 3 is 2.36 bits per heavy atom. The number of methoxy groups -OCH3 is 1. The van der Waals surface area contributed by atoms with Gasteiger partial charge in [-0.2, -0.15) is 13.2 Å². The molecule has 0 bridgehead atoms. The van der Waals surface area contributed by atoms with Gasteiger partial charge in [-0.25, -0.2) is 0 Å². The van der Waals surface area contributed by atoms with Crippen molar-refractivity contribution in [1.29, 1.82) is 0 Å². The smallest absolute Gasteiger partial charge is 0.391 e. The first-order chi connectivity index (χ1) is 10.2. The molecule has 0 atom stereocenters. The Balaban J connectivity index is 2.25. The second-order valence-electron chi connectivity index (χ2n) is 5.28. The van der Waals surface area contributed by atoms with Gasteiger partial charge in [0.15, 0.2) is 0 Å². The molecule has 22 heavy (non-hydrogen) atoms. The molecule has 0 aliphatic carbocycles. The van der Waals surface area contributed by atoms with Gasteiger partial charge in [0.1, 0.15) is 11.4 Å². The highest BCUT2D eigenvalue weighted by Gasteiger charge is 2.41. The molecule has 0 aromatic heterocycles. The van der Waals surface area contributed by atoms with E-state index >= 15 is 0 Å². The summed E-state index contributed by atoms with van der Waals surface area (Å²) in [5.74, 6) is -1.60. The van der Waals surface area contributed by atoms with Gasteiger partial charge in [-0.3, -0.25) is 4.79 Å². The fraction of sp³-hybridized carbons (Fsp3) is 0.500. The minimum absolute atomic E-state index is 0.00364. The Hall–Kier alpha value is -2.12. The summed E-state index contributed by atoms with van der Waals surface area (Å²) in [5.41, 5.74) is 12.1. The van der Waals surface area contributed by atoms with Gasteiger partial charge in [0, 0.05) is 18.7 Å². The molecule has 0 radical (unpaired) electrons. The highest BCUT2D eigenvalue weighted by molar-refractivity contribution is 5.96. The topological polar surface area (TPSA) is 81.6 Å². The summed E-state index contributed by atoms with van der Waals surface area (Å²) in [6.07, 6.45) is -4.16. The monoisotopic (exact) mass is 317 g/mol. The van der Waals surface area contributed by atoms with Crippen LogP contribution in [-0.2, 0) is 0 Å². The number of hydrogen-bond donors (Lipinski definition) is 2. The van der Waals surface area contributed by atoms with Gasteiger partial charge < -0.3 is 21.1 Å². The standard InChI is InChI=1S/C14H18F3N3O2/c1-22-11-7-8(13(19)21)6-10(18)12(11)20-4-2-9(3-5-20)14(15,16)17/h6-7,9H,2-5,18H2,1H3,(H2,19,21). The number of anilines is 2. The van der Waals surface area contributed by atoms with Crippen molar-refractivity contribution in [3.63, 3.8) is 0 Å². The predicted molar refractivity (Wildman–Crippen MR) is 76.9 cm³/mol. The first kappa shape index (κ1) is 16.3.